The Hall–Kier alpha value is -0.0105. The van der Waals surface area contributed by atoms with Crippen LogP contribution in [0.15, 0.2) is 0 Å². The third-order valence-corrected chi connectivity index (χ3v) is 2.48. The average Bonchev–Trinajstić information content (AvgIpc) is 2.15. The molecule has 0 aliphatic rings. The third-order valence-electron chi connectivity index (χ3n) is 2.48. The van der Waals surface area contributed by atoms with Gasteiger partial charge in [0.2, 0.25) is 0 Å². The van der Waals surface area contributed by atoms with Crippen molar-refractivity contribution in [1.29, 1.82) is 0 Å². The number of carbonyl (C=O) groups excluding carboxylic acids is 1. The SMILES string of the molecule is CCCCCCCCCCCC(=O)[O-].[Cu+]. The first-order chi connectivity index (χ1) is 6.77. The summed E-state index contributed by atoms with van der Waals surface area (Å²) in [7, 11) is 0. The molecule has 0 unspecified atom stereocenters. The van der Waals surface area contributed by atoms with E-state index in [0.717, 1.165) is 12.8 Å². The molecular weight excluding hydrogens is 240 g/mol. The van der Waals surface area contributed by atoms with Gasteiger partial charge in [0, 0.05) is 5.97 Å². The molecule has 0 amide bonds. The summed E-state index contributed by atoms with van der Waals surface area (Å²) in [4.78, 5) is 10.1. The van der Waals surface area contributed by atoms with E-state index in [1.807, 2.05) is 0 Å². The smallest absolute Gasteiger partial charge is 0.550 e. The van der Waals surface area contributed by atoms with Crippen LogP contribution in [0.1, 0.15) is 71.1 Å². The van der Waals surface area contributed by atoms with Gasteiger partial charge in [-0.1, -0.05) is 58.3 Å². The molecule has 0 spiro atoms. The molecule has 0 aromatic carbocycles. The van der Waals surface area contributed by atoms with Crippen LogP contribution in [0.5, 0.6) is 0 Å². The van der Waals surface area contributed by atoms with Gasteiger partial charge in [0.15, 0.2) is 0 Å². The molecule has 0 bridgehead atoms. The molecule has 0 aromatic rings. The Kier molecular flexibility index (Phi) is 16.2. The van der Waals surface area contributed by atoms with E-state index in [-0.39, 0.29) is 23.5 Å². The van der Waals surface area contributed by atoms with Crippen molar-refractivity contribution >= 4 is 5.97 Å². The van der Waals surface area contributed by atoms with Crippen molar-refractivity contribution < 1.29 is 27.0 Å². The Morgan fingerprint density at radius 3 is 1.67 bits per heavy atom. The zero-order valence-electron chi connectivity index (χ0n) is 9.69. The van der Waals surface area contributed by atoms with Crippen molar-refractivity contribution in [3.63, 3.8) is 0 Å². The second-order valence-electron chi connectivity index (χ2n) is 3.95. The summed E-state index contributed by atoms with van der Waals surface area (Å²) in [6.07, 6.45) is 11.2. The number of aliphatic carboxylic acids is 1. The maximum absolute atomic E-state index is 10.1. The fraction of sp³-hybridized carbons (Fsp3) is 0.917. The first-order valence-electron chi connectivity index (χ1n) is 5.97. The number of rotatable bonds is 10. The van der Waals surface area contributed by atoms with Gasteiger partial charge in [0.05, 0.1) is 0 Å². The van der Waals surface area contributed by atoms with E-state index in [9.17, 15) is 9.90 Å². The Labute approximate surface area is 104 Å². The van der Waals surface area contributed by atoms with E-state index >= 15 is 0 Å². The van der Waals surface area contributed by atoms with E-state index in [1.54, 1.807) is 0 Å². The van der Waals surface area contributed by atoms with Gasteiger partial charge >= 0.3 is 17.1 Å². The third kappa shape index (κ3) is 16.7. The molecule has 0 aliphatic heterocycles. The fourth-order valence-corrected chi connectivity index (χ4v) is 1.58. The Balaban J connectivity index is 0. The van der Waals surface area contributed by atoms with Gasteiger partial charge < -0.3 is 9.90 Å². The molecular formula is C12H23CuO2. The summed E-state index contributed by atoms with van der Waals surface area (Å²) in [5.41, 5.74) is 0. The maximum atomic E-state index is 10.1. The molecule has 94 valence electrons. The summed E-state index contributed by atoms with van der Waals surface area (Å²) >= 11 is 0. The number of carboxylic acids is 1. The van der Waals surface area contributed by atoms with Crippen LogP contribution < -0.4 is 5.11 Å². The fourth-order valence-electron chi connectivity index (χ4n) is 1.58. The van der Waals surface area contributed by atoms with E-state index in [4.69, 9.17) is 0 Å². The molecule has 0 aliphatic carbocycles. The minimum atomic E-state index is -0.909. The number of hydrogen-bond acceptors (Lipinski definition) is 2. The first kappa shape index (κ1) is 17.4. The van der Waals surface area contributed by atoms with Crippen LogP contribution in [0.4, 0.5) is 0 Å². The molecule has 0 heterocycles. The van der Waals surface area contributed by atoms with Crippen LogP contribution in [-0.2, 0) is 21.9 Å². The Morgan fingerprint density at radius 2 is 1.27 bits per heavy atom. The van der Waals surface area contributed by atoms with Crippen molar-refractivity contribution in [3.8, 4) is 0 Å². The van der Waals surface area contributed by atoms with Gasteiger partial charge in [-0.05, 0) is 12.8 Å². The van der Waals surface area contributed by atoms with Crippen LogP contribution in [0.25, 0.3) is 0 Å². The summed E-state index contributed by atoms with van der Waals surface area (Å²) < 4.78 is 0. The summed E-state index contributed by atoms with van der Waals surface area (Å²) in [6.45, 7) is 2.22. The molecule has 0 radical (unpaired) electrons. The van der Waals surface area contributed by atoms with Gasteiger partial charge in [0.25, 0.3) is 0 Å². The Bertz CT molecular complexity index is 138. The first-order valence-corrected chi connectivity index (χ1v) is 5.97. The van der Waals surface area contributed by atoms with Crippen molar-refractivity contribution in [3.05, 3.63) is 0 Å². The van der Waals surface area contributed by atoms with E-state index < -0.39 is 5.97 Å². The Morgan fingerprint density at radius 1 is 0.867 bits per heavy atom. The van der Waals surface area contributed by atoms with Crippen LogP contribution in [0.3, 0.4) is 0 Å². The molecule has 15 heavy (non-hydrogen) atoms. The molecule has 3 heteroatoms. The molecule has 2 nitrogen and oxygen atoms in total. The predicted octanol–water partition coefficient (Wildman–Crippen LogP) is 2.65. The largest absolute Gasteiger partial charge is 1.00 e. The minimum Gasteiger partial charge on any atom is -0.550 e. The molecule has 0 N–H and O–H groups in total. The van der Waals surface area contributed by atoms with Crippen molar-refractivity contribution in [2.45, 2.75) is 71.1 Å². The minimum absolute atomic E-state index is 0. The second kappa shape index (κ2) is 14.0. The maximum Gasteiger partial charge on any atom is 1.00 e. The van der Waals surface area contributed by atoms with E-state index in [1.165, 1.54) is 44.9 Å². The predicted molar refractivity (Wildman–Crippen MR) is 56.9 cm³/mol. The van der Waals surface area contributed by atoms with Crippen LogP contribution in [0, 0.1) is 0 Å². The molecule has 0 aromatic heterocycles. The van der Waals surface area contributed by atoms with Crippen molar-refractivity contribution in [2.75, 3.05) is 0 Å². The number of carboxylic acid groups (broad SMARTS) is 1. The van der Waals surface area contributed by atoms with Crippen molar-refractivity contribution in [2.24, 2.45) is 0 Å². The van der Waals surface area contributed by atoms with Crippen LogP contribution in [-0.4, -0.2) is 5.97 Å². The molecule has 0 saturated carbocycles. The molecule has 0 saturated heterocycles. The number of unbranched alkanes of at least 4 members (excludes halogenated alkanes) is 8. The number of carbonyl (C=O) groups is 1. The zero-order valence-corrected chi connectivity index (χ0v) is 10.6. The number of hydrogen-bond donors (Lipinski definition) is 0. The van der Waals surface area contributed by atoms with Crippen LogP contribution in [0.2, 0.25) is 0 Å². The second-order valence-corrected chi connectivity index (χ2v) is 3.95. The van der Waals surface area contributed by atoms with Gasteiger partial charge in [0.1, 0.15) is 0 Å². The van der Waals surface area contributed by atoms with Gasteiger partial charge in [-0.15, -0.1) is 0 Å². The van der Waals surface area contributed by atoms with Gasteiger partial charge in [-0.3, -0.25) is 0 Å². The van der Waals surface area contributed by atoms with E-state index in [2.05, 4.69) is 6.92 Å². The molecule has 0 fully saturated rings. The topological polar surface area (TPSA) is 40.1 Å². The molecule has 0 atom stereocenters. The van der Waals surface area contributed by atoms with Crippen LogP contribution >= 0.6 is 0 Å². The monoisotopic (exact) mass is 262 g/mol. The quantitative estimate of drug-likeness (QED) is 0.449. The summed E-state index contributed by atoms with van der Waals surface area (Å²) in [6, 6.07) is 0. The zero-order chi connectivity index (χ0) is 10.6. The van der Waals surface area contributed by atoms with Gasteiger partial charge in [-0.2, -0.15) is 0 Å². The van der Waals surface area contributed by atoms with E-state index in [0.29, 0.717) is 0 Å². The summed E-state index contributed by atoms with van der Waals surface area (Å²) in [5, 5.41) is 10.1. The van der Waals surface area contributed by atoms with Gasteiger partial charge in [-0.25, -0.2) is 0 Å². The summed E-state index contributed by atoms with van der Waals surface area (Å²) in [5.74, 6) is -0.909. The normalized spacial score (nSPS) is 9.67. The standard InChI is InChI=1S/C12H24O2.Cu/c1-2-3-4-5-6-7-8-9-10-11-12(13)14;/h2-11H2,1H3,(H,13,14);/q;+1/p-1. The average molecular weight is 263 g/mol. The molecule has 0 rings (SSSR count). The van der Waals surface area contributed by atoms with Crippen molar-refractivity contribution in [1.82, 2.24) is 0 Å².